The topological polar surface area (TPSA) is 65.4 Å². The number of hydrogen-bond acceptors (Lipinski definition) is 4. The molecule has 0 fully saturated rings. The zero-order valence-electron chi connectivity index (χ0n) is 18.3. The number of aromatic nitrogens is 2. The second kappa shape index (κ2) is 9.39. The number of benzene rings is 3. The van der Waals surface area contributed by atoms with E-state index >= 15 is 0 Å². The van der Waals surface area contributed by atoms with Gasteiger partial charge in [-0.05, 0) is 36.8 Å². The Kier molecular flexibility index (Phi) is 6.22. The summed E-state index contributed by atoms with van der Waals surface area (Å²) in [6.07, 6.45) is 1.75. The van der Waals surface area contributed by atoms with Gasteiger partial charge in [0.1, 0.15) is 17.2 Å². The summed E-state index contributed by atoms with van der Waals surface area (Å²) in [5.41, 5.74) is 4.76. The standard InChI is InChI=1S/C26H25N3O3/c1-18-8-7-9-19(14-18)16-27-26(30)23-17-29(20-10-5-4-6-11-20)28-25(23)22-13-12-21(31-2)15-24(22)32-3/h4-15,17H,16H2,1-3H3,(H,27,30). The van der Waals surface area contributed by atoms with E-state index in [1.54, 1.807) is 31.2 Å². The molecule has 0 saturated carbocycles. The number of nitrogens with one attached hydrogen (secondary N) is 1. The van der Waals surface area contributed by atoms with E-state index in [1.165, 1.54) is 0 Å². The lowest BCUT2D eigenvalue weighted by atomic mass is 10.1. The summed E-state index contributed by atoms with van der Waals surface area (Å²) in [5, 5.41) is 7.76. The molecule has 3 aromatic carbocycles. The van der Waals surface area contributed by atoms with Crippen molar-refractivity contribution in [2.24, 2.45) is 0 Å². The second-order valence-corrected chi connectivity index (χ2v) is 7.41. The molecule has 6 nitrogen and oxygen atoms in total. The number of carbonyl (C=O) groups is 1. The molecule has 4 rings (SSSR count). The Bertz CT molecular complexity index is 1230. The molecule has 1 aromatic heterocycles. The molecule has 32 heavy (non-hydrogen) atoms. The van der Waals surface area contributed by atoms with Gasteiger partial charge in [-0.2, -0.15) is 5.10 Å². The van der Waals surface area contributed by atoms with Gasteiger partial charge in [0.25, 0.3) is 5.91 Å². The van der Waals surface area contributed by atoms with Crippen molar-refractivity contribution in [1.29, 1.82) is 0 Å². The highest BCUT2D eigenvalue weighted by atomic mass is 16.5. The van der Waals surface area contributed by atoms with Crippen LogP contribution in [0.3, 0.4) is 0 Å². The third kappa shape index (κ3) is 4.49. The highest BCUT2D eigenvalue weighted by Gasteiger charge is 2.21. The maximum atomic E-state index is 13.2. The summed E-state index contributed by atoms with van der Waals surface area (Å²) in [6, 6.07) is 23.2. The van der Waals surface area contributed by atoms with Crippen molar-refractivity contribution in [3.05, 3.63) is 95.7 Å². The van der Waals surface area contributed by atoms with Crippen molar-refractivity contribution in [2.75, 3.05) is 14.2 Å². The van der Waals surface area contributed by atoms with Gasteiger partial charge in [-0.1, -0.05) is 48.0 Å². The minimum absolute atomic E-state index is 0.207. The number of para-hydroxylation sites is 1. The van der Waals surface area contributed by atoms with Gasteiger partial charge in [0.05, 0.1) is 25.5 Å². The quantitative estimate of drug-likeness (QED) is 0.460. The fourth-order valence-corrected chi connectivity index (χ4v) is 3.55. The molecular weight excluding hydrogens is 402 g/mol. The molecule has 0 radical (unpaired) electrons. The van der Waals surface area contributed by atoms with Crippen LogP contribution in [0.4, 0.5) is 0 Å². The van der Waals surface area contributed by atoms with E-state index in [0.717, 1.165) is 16.8 Å². The molecule has 0 spiro atoms. The van der Waals surface area contributed by atoms with Gasteiger partial charge in [-0.3, -0.25) is 4.79 Å². The predicted octanol–water partition coefficient (Wildman–Crippen LogP) is 4.79. The summed E-state index contributed by atoms with van der Waals surface area (Å²) in [7, 11) is 3.19. The zero-order valence-corrected chi connectivity index (χ0v) is 18.3. The first-order valence-corrected chi connectivity index (χ1v) is 10.3. The van der Waals surface area contributed by atoms with Gasteiger partial charge >= 0.3 is 0 Å². The number of hydrogen-bond donors (Lipinski definition) is 1. The van der Waals surface area contributed by atoms with Crippen LogP contribution in [-0.4, -0.2) is 29.9 Å². The summed E-state index contributed by atoms with van der Waals surface area (Å²) in [4.78, 5) is 13.2. The second-order valence-electron chi connectivity index (χ2n) is 7.41. The monoisotopic (exact) mass is 427 g/mol. The largest absolute Gasteiger partial charge is 0.497 e. The van der Waals surface area contributed by atoms with Crippen molar-refractivity contribution >= 4 is 5.91 Å². The maximum absolute atomic E-state index is 13.2. The molecule has 0 unspecified atom stereocenters. The summed E-state index contributed by atoms with van der Waals surface area (Å²) in [6.45, 7) is 2.46. The van der Waals surface area contributed by atoms with Gasteiger partial charge in [0.2, 0.25) is 0 Å². The molecule has 1 N–H and O–H groups in total. The number of nitrogens with zero attached hydrogens (tertiary/aromatic N) is 2. The van der Waals surface area contributed by atoms with Crippen molar-refractivity contribution < 1.29 is 14.3 Å². The van der Waals surface area contributed by atoms with Crippen LogP contribution in [0.5, 0.6) is 11.5 Å². The van der Waals surface area contributed by atoms with Crippen LogP contribution in [-0.2, 0) is 6.54 Å². The maximum Gasteiger partial charge on any atom is 0.255 e. The fraction of sp³-hybridized carbons (Fsp3) is 0.154. The molecule has 4 aromatic rings. The lowest BCUT2D eigenvalue weighted by molar-refractivity contribution is 0.0951. The average molecular weight is 428 g/mol. The molecule has 0 bridgehead atoms. The van der Waals surface area contributed by atoms with E-state index < -0.39 is 0 Å². The highest BCUT2D eigenvalue weighted by Crippen LogP contribution is 2.34. The Labute approximate surface area is 187 Å². The predicted molar refractivity (Wildman–Crippen MR) is 124 cm³/mol. The normalized spacial score (nSPS) is 10.6. The van der Waals surface area contributed by atoms with Gasteiger partial charge in [0, 0.05) is 24.4 Å². The zero-order chi connectivity index (χ0) is 22.5. The van der Waals surface area contributed by atoms with Gasteiger partial charge in [-0.15, -0.1) is 0 Å². The van der Waals surface area contributed by atoms with Gasteiger partial charge in [-0.25, -0.2) is 4.68 Å². The molecule has 0 aliphatic heterocycles. The molecule has 6 heteroatoms. The van der Waals surface area contributed by atoms with E-state index in [4.69, 9.17) is 14.6 Å². The minimum atomic E-state index is -0.207. The van der Waals surface area contributed by atoms with Crippen LogP contribution in [0.2, 0.25) is 0 Å². The van der Waals surface area contributed by atoms with Crippen molar-refractivity contribution in [1.82, 2.24) is 15.1 Å². The van der Waals surface area contributed by atoms with Crippen molar-refractivity contribution in [3.8, 4) is 28.4 Å². The number of methoxy groups -OCH3 is 2. The first-order valence-electron chi connectivity index (χ1n) is 10.3. The highest BCUT2D eigenvalue weighted by molar-refractivity contribution is 6.00. The molecule has 1 amide bonds. The van der Waals surface area contributed by atoms with Crippen LogP contribution < -0.4 is 14.8 Å². The number of ether oxygens (including phenoxy) is 2. The average Bonchev–Trinajstić information content (AvgIpc) is 3.28. The number of amides is 1. The fourth-order valence-electron chi connectivity index (χ4n) is 3.55. The molecule has 162 valence electrons. The summed E-state index contributed by atoms with van der Waals surface area (Å²) >= 11 is 0. The van der Waals surface area contributed by atoms with E-state index in [1.807, 2.05) is 67.6 Å². The lowest BCUT2D eigenvalue weighted by Crippen LogP contribution is -2.23. The van der Waals surface area contributed by atoms with E-state index in [0.29, 0.717) is 34.9 Å². The lowest BCUT2D eigenvalue weighted by Gasteiger charge is -2.10. The molecular formula is C26H25N3O3. The molecule has 0 atom stereocenters. The Morgan fingerprint density at radius 3 is 2.50 bits per heavy atom. The van der Waals surface area contributed by atoms with Crippen molar-refractivity contribution in [2.45, 2.75) is 13.5 Å². The third-order valence-corrected chi connectivity index (χ3v) is 5.18. The number of aryl methyl sites for hydroxylation is 1. The van der Waals surface area contributed by atoms with Crippen LogP contribution in [0.25, 0.3) is 16.9 Å². The Morgan fingerprint density at radius 1 is 0.969 bits per heavy atom. The van der Waals surface area contributed by atoms with Crippen LogP contribution in [0.1, 0.15) is 21.5 Å². The summed E-state index contributed by atoms with van der Waals surface area (Å²) in [5.74, 6) is 1.04. The van der Waals surface area contributed by atoms with Gasteiger partial charge in [0.15, 0.2) is 0 Å². The Hall–Kier alpha value is -4.06. The Morgan fingerprint density at radius 2 is 1.78 bits per heavy atom. The third-order valence-electron chi connectivity index (χ3n) is 5.18. The first kappa shape index (κ1) is 21.2. The van der Waals surface area contributed by atoms with E-state index in [-0.39, 0.29) is 5.91 Å². The molecule has 0 aliphatic rings. The SMILES string of the molecule is COc1ccc(-c2nn(-c3ccccc3)cc2C(=O)NCc2cccc(C)c2)c(OC)c1. The van der Waals surface area contributed by atoms with Crippen molar-refractivity contribution in [3.63, 3.8) is 0 Å². The molecule has 0 aliphatic carbocycles. The minimum Gasteiger partial charge on any atom is -0.497 e. The molecule has 0 saturated heterocycles. The van der Waals surface area contributed by atoms with Crippen LogP contribution in [0, 0.1) is 6.92 Å². The van der Waals surface area contributed by atoms with E-state index in [2.05, 4.69) is 11.4 Å². The van der Waals surface area contributed by atoms with Crippen LogP contribution in [0.15, 0.2) is 79.0 Å². The first-order chi connectivity index (χ1) is 15.6. The number of rotatable bonds is 7. The molecule has 1 heterocycles. The van der Waals surface area contributed by atoms with Crippen LogP contribution >= 0.6 is 0 Å². The van der Waals surface area contributed by atoms with Gasteiger partial charge < -0.3 is 14.8 Å². The number of carbonyl (C=O) groups excluding carboxylic acids is 1. The summed E-state index contributed by atoms with van der Waals surface area (Å²) < 4.78 is 12.6. The smallest absolute Gasteiger partial charge is 0.255 e. The Balaban J connectivity index is 1.73. The van der Waals surface area contributed by atoms with E-state index in [9.17, 15) is 4.79 Å².